The van der Waals surface area contributed by atoms with E-state index in [4.69, 9.17) is 5.11 Å². The number of hydrogen-bond acceptors (Lipinski definition) is 4. The molecule has 0 aliphatic carbocycles. The number of nitrogens with one attached hydrogen (secondary N) is 1. The van der Waals surface area contributed by atoms with Crippen LogP contribution in [0.2, 0.25) is 0 Å². The van der Waals surface area contributed by atoms with Crippen molar-refractivity contribution in [3.8, 4) is 0 Å². The van der Waals surface area contributed by atoms with Crippen molar-refractivity contribution in [1.82, 2.24) is 15.2 Å². The number of carbonyl (C=O) groups excluding carboxylic acids is 1. The lowest BCUT2D eigenvalue weighted by Gasteiger charge is -2.34. The summed E-state index contributed by atoms with van der Waals surface area (Å²) < 4.78 is 0. The quantitative estimate of drug-likeness (QED) is 0.884. The molecule has 106 valence electrons. The van der Waals surface area contributed by atoms with E-state index in [-0.39, 0.29) is 6.54 Å². The summed E-state index contributed by atoms with van der Waals surface area (Å²) in [5.74, 6) is -1.03. The van der Waals surface area contributed by atoms with Crippen LogP contribution < -0.4 is 5.32 Å². The molecule has 1 rings (SSSR count). The highest BCUT2D eigenvalue weighted by Crippen LogP contribution is 2.13. The number of hydrogen-bond donors (Lipinski definition) is 2. The van der Waals surface area contributed by atoms with Gasteiger partial charge in [-0.25, -0.2) is 9.78 Å². The number of carboxylic acids is 1. The van der Waals surface area contributed by atoms with Gasteiger partial charge in [-0.2, -0.15) is 0 Å². The topological polar surface area (TPSA) is 82.5 Å². The lowest BCUT2D eigenvalue weighted by atomic mass is 10.1. The highest BCUT2D eigenvalue weighted by molar-refractivity contribution is 7.09. The van der Waals surface area contributed by atoms with Crippen LogP contribution in [0.1, 0.15) is 31.5 Å². The molecule has 2 amide bonds. The Morgan fingerprint density at radius 2 is 2.11 bits per heavy atom. The average molecular weight is 285 g/mol. The number of carbonyl (C=O) groups is 2. The normalized spacial score (nSPS) is 11.2. The summed E-state index contributed by atoms with van der Waals surface area (Å²) >= 11 is 1.51. The number of carboxylic acid groups (broad SMARTS) is 1. The monoisotopic (exact) mass is 285 g/mol. The molecule has 0 saturated carbocycles. The summed E-state index contributed by atoms with van der Waals surface area (Å²) in [6.07, 6.45) is 0. The number of nitrogens with zero attached hydrogens (tertiary/aromatic N) is 2. The van der Waals surface area contributed by atoms with E-state index in [0.29, 0.717) is 6.54 Å². The Morgan fingerprint density at radius 1 is 1.47 bits per heavy atom. The summed E-state index contributed by atoms with van der Waals surface area (Å²) in [7, 11) is 0. The number of urea groups is 1. The highest BCUT2D eigenvalue weighted by atomic mass is 32.1. The zero-order valence-corrected chi connectivity index (χ0v) is 12.4. The molecule has 0 aliphatic heterocycles. The zero-order chi connectivity index (χ0) is 14.6. The Morgan fingerprint density at radius 3 is 2.53 bits per heavy atom. The van der Waals surface area contributed by atoms with Crippen molar-refractivity contribution in [1.29, 1.82) is 0 Å². The second-order valence-corrected chi connectivity index (χ2v) is 6.23. The Hall–Kier alpha value is -1.63. The van der Waals surface area contributed by atoms with Crippen molar-refractivity contribution in [2.45, 2.75) is 39.8 Å². The molecule has 6 nitrogen and oxygen atoms in total. The zero-order valence-electron chi connectivity index (χ0n) is 11.6. The predicted molar refractivity (Wildman–Crippen MR) is 73.2 cm³/mol. The van der Waals surface area contributed by atoms with Gasteiger partial charge in [-0.05, 0) is 27.7 Å². The lowest BCUT2D eigenvalue weighted by Crippen LogP contribution is -2.52. The summed E-state index contributed by atoms with van der Waals surface area (Å²) in [6.45, 7) is 7.25. The van der Waals surface area contributed by atoms with Crippen molar-refractivity contribution in [2.24, 2.45) is 0 Å². The van der Waals surface area contributed by atoms with Crippen molar-refractivity contribution < 1.29 is 14.7 Å². The number of rotatable bonds is 4. The maximum Gasteiger partial charge on any atom is 0.323 e. The van der Waals surface area contributed by atoms with Crippen molar-refractivity contribution in [3.63, 3.8) is 0 Å². The van der Waals surface area contributed by atoms with Crippen LogP contribution in [0.4, 0.5) is 4.79 Å². The number of aryl methyl sites for hydroxylation is 1. The smallest absolute Gasteiger partial charge is 0.323 e. The van der Waals surface area contributed by atoms with Crippen LogP contribution in [0.3, 0.4) is 0 Å². The summed E-state index contributed by atoms with van der Waals surface area (Å²) in [5.41, 5.74) is 0.223. The maximum absolute atomic E-state index is 12.0. The minimum absolute atomic E-state index is 0.301. The predicted octanol–water partition coefficient (Wildman–Crippen LogP) is 1.85. The molecule has 19 heavy (non-hydrogen) atoms. The number of aromatic nitrogens is 1. The number of thiazole rings is 1. The van der Waals surface area contributed by atoms with E-state index < -0.39 is 17.5 Å². The van der Waals surface area contributed by atoms with Gasteiger partial charge in [0.05, 0.1) is 17.2 Å². The first-order valence-corrected chi connectivity index (χ1v) is 6.76. The number of amides is 2. The third-order valence-corrected chi connectivity index (χ3v) is 3.26. The van der Waals surface area contributed by atoms with Crippen LogP contribution in [0.15, 0.2) is 5.38 Å². The van der Waals surface area contributed by atoms with Crippen LogP contribution in [-0.4, -0.2) is 39.1 Å². The minimum atomic E-state index is -1.03. The highest BCUT2D eigenvalue weighted by Gasteiger charge is 2.28. The molecule has 0 aliphatic rings. The first-order chi connectivity index (χ1) is 8.70. The van der Waals surface area contributed by atoms with Crippen LogP contribution in [0.5, 0.6) is 0 Å². The third-order valence-electron chi connectivity index (χ3n) is 2.44. The summed E-state index contributed by atoms with van der Waals surface area (Å²) in [6, 6.07) is -0.402. The van der Waals surface area contributed by atoms with E-state index in [2.05, 4.69) is 10.3 Å². The van der Waals surface area contributed by atoms with E-state index in [0.717, 1.165) is 10.7 Å². The molecule has 0 saturated heterocycles. The molecular formula is C12H19N3O3S. The van der Waals surface area contributed by atoms with Gasteiger partial charge in [-0.3, -0.25) is 4.79 Å². The van der Waals surface area contributed by atoms with Gasteiger partial charge in [-0.1, -0.05) is 0 Å². The Kier molecular flexibility index (Phi) is 4.88. The molecule has 0 fully saturated rings. The first-order valence-electron chi connectivity index (χ1n) is 5.88. The molecule has 0 radical (unpaired) electrons. The fourth-order valence-corrected chi connectivity index (χ4v) is 2.11. The number of aliphatic carboxylic acids is 1. The second-order valence-electron chi connectivity index (χ2n) is 5.17. The fourth-order valence-electron chi connectivity index (χ4n) is 1.50. The molecule has 0 unspecified atom stereocenters. The summed E-state index contributed by atoms with van der Waals surface area (Å²) in [4.78, 5) is 28.4. The van der Waals surface area contributed by atoms with Gasteiger partial charge in [-0.15, -0.1) is 11.3 Å². The van der Waals surface area contributed by atoms with Crippen LogP contribution in [0.25, 0.3) is 0 Å². The van der Waals surface area contributed by atoms with Gasteiger partial charge in [0, 0.05) is 10.9 Å². The Labute approximate surface area is 116 Å². The van der Waals surface area contributed by atoms with Gasteiger partial charge in [0.1, 0.15) is 6.54 Å². The van der Waals surface area contributed by atoms with Crippen molar-refractivity contribution in [2.75, 3.05) is 6.54 Å². The summed E-state index contributed by atoms with van der Waals surface area (Å²) in [5, 5.41) is 14.3. The maximum atomic E-state index is 12.0. The first kappa shape index (κ1) is 15.4. The molecule has 0 bridgehead atoms. The van der Waals surface area contributed by atoms with Crippen molar-refractivity contribution >= 4 is 23.3 Å². The Balaban J connectivity index is 2.64. The largest absolute Gasteiger partial charge is 0.480 e. The van der Waals surface area contributed by atoms with Crippen LogP contribution >= 0.6 is 11.3 Å². The fraction of sp³-hybridized carbons (Fsp3) is 0.583. The van der Waals surface area contributed by atoms with Crippen LogP contribution in [-0.2, 0) is 11.3 Å². The third kappa shape index (κ3) is 4.86. The minimum Gasteiger partial charge on any atom is -0.480 e. The lowest BCUT2D eigenvalue weighted by molar-refractivity contribution is -0.138. The van der Waals surface area contributed by atoms with Gasteiger partial charge < -0.3 is 15.3 Å². The van der Waals surface area contributed by atoms with E-state index >= 15 is 0 Å². The molecule has 0 atom stereocenters. The van der Waals surface area contributed by atoms with E-state index in [1.165, 1.54) is 16.2 Å². The molecule has 1 heterocycles. The van der Waals surface area contributed by atoms with Crippen molar-refractivity contribution in [3.05, 3.63) is 16.1 Å². The molecule has 7 heteroatoms. The second kappa shape index (κ2) is 6.01. The van der Waals surface area contributed by atoms with Gasteiger partial charge in [0.2, 0.25) is 0 Å². The molecule has 1 aromatic heterocycles. The van der Waals surface area contributed by atoms with E-state index in [1.54, 1.807) is 20.8 Å². The molecular weight excluding hydrogens is 266 g/mol. The average Bonchev–Trinajstić information content (AvgIpc) is 2.67. The molecule has 0 aromatic carbocycles. The van der Waals surface area contributed by atoms with E-state index in [9.17, 15) is 9.59 Å². The molecule has 0 spiro atoms. The SMILES string of the molecule is Cc1nc(CNC(=O)N(CC(=O)O)C(C)(C)C)cs1. The Bertz CT molecular complexity index is 465. The van der Waals surface area contributed by atoms with Crippen LogP contribution in [0, 0.1) is 6.92 Å². The van der Waals surface area contributed by atoms with Gasteiger partial charge >= 0.3 is 12.0 Å². The standard InChI is InChI=1S/C12H19N3O3S/c1-8-14-9(7-19-8)5-13-11(18)15(6-10(16)17)12(2,3)4/h7H,5-6H2,1-4H3,(H,13,18)(H,16,17). The van der Waals surface area contributed by atoms with Gasteiger partial charge in [0.25, 0.3) is 0 Å². The molecule has 2 N–H and O–H groups in total. The molecule has 1 aromatic rings. The van der Waals surface area contributed by atoms with Gasteiger partial charge in [0.15, 0.2) is 0 Å². The van der Waals surface area contributed by atoms with E-state index in [1.807, 2.05) is 12.3 Å².